The molecule has 7 nitrogen and oxygen atoms in total. The van der Waals surface area contributed by atoms with Gasteiger partial charge in [-0.2, -0.15) is 0 Å². The molecule has 244 valence electrons. The van der Waals surface area contributed by atoms with Gasteiger partial charge in [-0.1, -0.05) is 51.2 Å². The maximum absolute atomic E-state index is 13.6. The molecule has 2 N–H and O–H groups in total. The number of nitrogens with two attached hydrogens (primary N) is 1. The summed E-state index contributed by atoms with van der Waals surface area (Å²) >= 11 is 7.38. The van der Waals surface area contributed by atoms with Crippen molar-refractivity contribution in [2.24, 2.45) is 41.2 Å². The summed E-state index contributed by atoms with van der Waals surface area (Å²) in [4.78, 5) is 26.5. The van der Waals surface area contributed by atoms with Crippen LogP contribution in [0.5, 0.6) is 11.5 Å². The highest BCUT2D eigenvalue weighted by Crippen LogP contribution is 2.54. The molecule has 9 heteroatoms. The molecule has 6 atom stereocenters. The first-order valence-corrected chi connectivity index (χ1v) is 17.5. The van der Waals surface area contributed by atoms with Crippen LogP contribution in [-0.2, 0) is 20.7 Å². The number of thiocarbonyl (C=S) groups is 1. The van der Waals surface area contributed by atoms with E-state index >= 15 is 0 Å². The molecule has 2 saturated carbocycles. The van der Waals surface area contributed by atoms with Crippen molar-refractivity contribution in [2.45, 2.75) is 78.2 Å². The van der Waals surface area contributed by atoms with Gasteiger partial charge < -0.3 is 24.4 Å². The van der Waals surface area contributed by atoms with Crippen molar-refractivity contribution in [3.63, 3.8) is 0 Å². The Morgan fingerprint density at radius 3 is 2.47 bits per heavy atom. The van der Waals surface area contributed by atoms with Crippen molar-refractivity contribution in [1.82, 2.24) is 0 Å². The zero-order valence-corrected chi connectivity index (χ0v) is 28.8. The fourth-order valence-corrected chi connectivity index (χ4v) is 9.09. The van der Waals surface area contributed by atoms with Gasteiger partial charge >= 0.3 is 5.97 Å². The second kappa shape index (κ2) is 14.9. The second-order valence-corrected chi connectivity index (χ2v) is 15.3. The number of thioether (sulfide) groups is 1. The lowest BCUT2D eigenvalue weighted by Gasteiger charge is -2.35. The lowest BCUT2D eigenvalue weighted by atomic mass is 9.73. The van der Waals surface area contributed by atoms with Gasteiger partial charge in [0.05, 0.1) is 29.9 Å². The predicted octanol–water partition coefficient (Wildman–Crippen LogP) is 7.88. The molecule has 2 aromatic rings. The van der Waals surface area contributed by atoms with Crippen molar-refractivity contribution in [2.75, 3.05) is 20.8 Å². The maximum atomic E-state index is 13.6. The van der Waals surface area contributed by atoms with Crippen LogP contribution < -0.4 is 15.2 Å². The fraction of sp³-hybridized carbons (Fsp3) is 0.583. The number of ketones is 1. The lowest BCUT2D eigenvalue weighted by Crippen LogP contribution is -2.33. The molecule has 0 amide bonds. The third kappa shape index (κ3) is 8.03. The molecular formula is C36H47NO6S2. The quantitative estimate of drug-likeness (QED) is 0.100. The van der Waals surface area contributed by atoms with Gasteiger partial charge in [0.25, 0.3) is 0 Å². The topological polar surface area (TPSA) is 101 Å². The molecule has 1 aromatic carbocycles. The monoisotopic (exact) mass is 653 g/mol. The van der Waals surface area contributed by atoms with Gasteiger partial charge in [-0.05, 0) is 98.0 Å². The minimum atomic E-state index is -0.623. The van der Waals surface area contributed by atoms with Crippen LogP contribution in [0.4, 0.5) is 0 Å². The van der Waals surface area contributed by atoms with Crippen molar-refractivity contribution in [3.05, 3.63) is 40.5 Å². The highest BCUT2D eigenvalue weighted by Gasteiger charge is 2.45. The van der Waals surface area contributed by atoms with Gasteiger partial charge in [0, 0.05) is 24.0 Å². The molecule has 1 aliphatic heterocycles. The molecule has 2 heterocycles. The van der Waals surface area contributed by atoms with Gasteiger partial charge in [-0.3, -0.25) is 9.59 Å². The third-order valence-electron chi connectivity index (χ3n) is 9.90. The first kappa shape index (κ1) is 33.7. The molecule has 2 aliphatic carbocycles. The summed E-state index contributed by atoms with van der Waals surface area (Å²) in [5, 5.41) is 0. The summed E-state index contributed by atoms with van der Waals surface area (Å²) in [6.07, 6.45) is 9.40. The highest BCUT2D eigenvalue weighted by molar-refractivity contribution is 8.26. The molecular weight excluding hydrogens is 607 g/mol. The highest BCUT2D eigenvalue weighted by atomic mass is 32.2. The van der Waals surface area contributed by atoms with Crippen LogP contribution in [0.2, 0.25) is 0 Å². The van der Waals surface area contributed by atoms with E-state index in [1.165, 1.54) is 37.4 Å². The number of carbonyl (C=O) groups excluding carboxylic acids is 2. The number of aryl methyl sites for hydroxylation is 1. The smallest absolute Gasteiger partial charge is 0.322 e. The van der Waals surface area contributed by atoms with Crippen LogP contribution in [0.3, 0.4) is 0 Å². The van der Waals surface area contributed by atoms with Gasteiger partial charge in [-0.25, -0.2) is 0 Å². The van der Waals surface area contributed by atoms with Crippen molar-refractivity contribution >= 4 is 46.0 Å². The molecule has 1 saturated heterocycles. The van der Waals surface area contributed by atoms with Gasteiger partial charge in [0.2, 0.25) is 0 Å². The van der Waals surface area contributed by atoms with E-state index in [4.69, 9.17) is 36.6 Å². The second-order valence-electron chi connectivity index (χ2n) is 13.5. The molecule has 45 heavy (non-hydrogen) atoms. The molecule has 0 radical (unpaired) electrons. The van der Waals surface area contributed by atoms with E-state index in [-0.39, 0.29) is 24.3 Å². The number of Topliss-reactive ketones (excluding diaryl/α,β-unsaturated/α-hetero) is 1. The molecule has 3 fully saturated rings. The Hall–Kier alpha value is -2.62. The number of allylic oxidation sites excluding steroid dienone is 1. The summed E-state index contributed by atoms with van der Waals surface area (Å²) in [6, 6.07) is 6.93. The van der Waals surface area contributed by atoms with Gasteiger partial charge in [0.15, 0.2) is 5.78 Å². The number of hydrogen-bond donors (Lipinski definition) is 1. The number of benzene rings is 1. The Morgan fingerprint density at radius 2 is 1.84 bits per heavy atom. The Kier molecular flexibility index (Phi) is 11.1. The number of hydrogen-bond acceptors (Lipinski definition) is 9. The Balaban J connectivity index is 1.34. The zero-order chi connectivity index (χ0) is 32.2. The molecule has 1 aromatic heterocycles. The standard InChI is InChI=1S/C36H47NO6S2/c1-20(2)11-30(37)35(39)42-10-6-7-24-16-32(25-14-26(40-4)17-27(15-25)41-5)43-33(24)19-34-31(38)18-29(36(44)45-34)21(3)28-13-22-8-9-23(28)12-22/h14-17,19-23,28-30H,6-13,18,37H2,1-5H3. The molecule has 3 aliphatic rings. The average molecular weight is 654 g/mol. The Morgan fingerprint density at radius 1 is 1.11 bits per heavy atom. The predicted molar refractivity (Wildman–Crippen MR) is 183 cm³/mol. The largest absolute Gasteiger partial charge is 0.497 e. The maximum Gasteiger partial charge on any atom is 0.322 e. The Bertz CT molecular complexity index is 1410. The lowest BCUT2D eigenvalue weighted by molar-refractivity contribution is -0.145. The SMILES string of the molecule is COc1cc(OC)cc(-c2cc(CCCOC(=O)C(N)CC(C)C)c(C=C3SC(=S)C(C(C)C4CC5CCC4C5)CC3=O)o2)c1. The van der Waals surface area contributed by atoms with Crippen LogP contribution in [0, 0.1) is 35.5 Å². The number of carbonyl (C=O) groups is 2. The van der Waals surface area contributed by atoms with Gasteiger partial charge in [-0.15, -0.1) is 0 Å². The van der Waals surface area contributed by atoms with Crippen LogP contribution in [0.25, 0.3) is 17.4 Å². The van der Waals surface area contributed by atoms with Crippen molar-refractivity contribution < 1.29 is 28.2 Å². The number of furan rings is 1. The number of fused-ring (bicyclic) bond motifs is 2. The number of rotatable bonds is 13. The van der Waals surface area contributed by atoms with E-state index < -0.39 is 6.04 Å². The summed E-state index contributed by atoms with van der Waals surface area (Å²) < 4.78 is 23.7. The Labute approximate surface area is 277 Å². The van der Waals surface area contributed by atoms with Crippen LogP contribution >= 0.6 is 24.0 Å². The molecule has 2 bridgehead atoms. The molecule has 5 rings (SSSR count). The van der Waals surface area contributed by atoms with E-state index in [1.54, 1.807) is 20.3 Å². The van der Waals surface area contributed by atoms with Gasteiger partial charge in [0.1, 0.15) is 29.1 Å². The van der Waals surface area contributed by atoms with Crippen molar-refractivity contribution in [3.8, 4) is 22.8 Å². The van der Waals surface area contributed by atoms with E-state index in [2.05, 4.69) is 6.92 Å². The fourth-order valence-electron chi connectivity index (χ4n) is 7.49. The normalized spacial score (nSPS) is 25.2. The first-order chi connectivity index (χ1) is 21.6. The number of ether oxygens (including phenoxy) is 3. The minimum Gasteiger partial charge on any atom is -0.497 e. The number of methoxy groups -OCH3 is 2. The molecule has 6 unspecified atom stereocenters. The summed E-state index contributed by atoms with van der Waals surface area (Å²) in [5.74, 6) is 5.48. The molecule has 0 spiro atoms. The summed E-state index contributed by atoms with van der Waals surface area (Å²) in [6.45, 7) is 6.61. The number of esters is 1. The summed E-state index contributed by atoms with van der Waals surface area (Å²) in [5.41, 5.74) is 7.70. The third-order valence-corrected chi connectivity index (χ3v) is 11.5. The van der Waals surface area contributed by atoms with E-state index in [9.17, 15) is 9.59 Å². The zero-order valence-electron chi connectivity index (χ0n) is 27.1. The minimum absolute atomic E-state index is 0.119. The summed E-state index contributed by atoms with van der Waals surface area (Å²) in [7, 11) is 3.22. The van der Waals surface area contributed by atoms with Crippen LogP contribution in [0.15, 0.2) is 33.6 Å². The van der Waals surface area contributed by atoms with E-state index in [0.717, 1.165) is 27.2 Å². The van der Waals surface area contributed by atoms with E-state index in [1.807, 2.05) is 38.1 Å². The van der Waals surface area contributed by atoms with Crippen LogP contribution in [0.1, 0.15) is 77.0 Å². The first-order valence-electron chi connectivity index (χ1n) is 16.3. The average Bonchev–Trinajstić information content (AvgIpc) is 3.76. The van der Waals surface area contributed by atoms with Crippen LogP contribution in [-0.4, -0.2) is 42.8 Å². The van der Waals surface area contributed by atoms with Crippen molar-refractivity contribution in [1.29, 1.82) is 0 Å². The van der Waals surface area contributed by atoms with E-state index in [0.29, 0.717) is 71.4 Å².